The Morgan fingerprint density at radius 3 is 2.89 bits per heavy atom. The number of hydrogen-bond donors (Lipinski definition) is 3. The van der Waals surface area contributed by atoms with E-state index in [9.17, 15) is 9.90 Å². The van der Waals surface area contributed by atoms with Gasteiger partial charge in [0.25, 0.3) is 0 Å². The molecule has 0 spiro atoms. The van der Waals surface area contributed by atoms with Crippen LogP contribution in [0, 0.1) is 0 Å². The molecule has 6 nitrogen and oxygen atoms in total. The lowest BCUT2D eigenvalue weighted by Gasteiger charge is -2.23. The van der Waals surface area contributed by atoms with Crippen molar-refractivity contribution < 1.29 is 14.6 Å². The quantitative estimate of drug-likeness (QED) is 0.651. The molecular weight excluding hydrogens is 246 g/mol. The number of carbonyl (C=O) groups excluding carboxylic acids is 1. The number of rotatable bonds is 7. The Kier molecular flexibility index (Phi) is 5.72. The van der Waals surface area contributed by atoms with Gasteiger partial charge in [-0.2, -0.15) is 0 Å². The van der Waals surface area contributed by atoms with Gasteiger partial charge in [-0.3, -0.25) is 9.78 Å². The average Bonchev–Trinajstić information content (AvgIpc) is 2.37. The van der Waals surface area contributed by atoms with E-state index in [0.717, 1.165) is 0 Å². The van der Waals surface area contributed by atoms with E-state index in [1.807, 2.05) is 0 Å². The molecule has 0 bridgehead atoms. The Bertz CT molecular complexity index is 404. The highest BCUT2D eigenvalue weighted by atomic mass is 16.5. The third-order valence-electron chi connectivity index (χ3n) is 2.70. The first-order chi connectivity index (χ1) is 8.93. The number of methoxy groups -OCH3 is 1. The fraction of sp³-hybridized carbons (Fsp3) is 0.538. The van der Waals surface area contributed by atoms with Crippen LogP contribution in [-0.4, -0.2) is 41.9 Å². The number of nitrogens with one attached hydrogen (secondary N) is 1. The maximum Gasteiger partial charge on any atom is 0.226 e. The lowest BCUT2D eigenvalue weighted by molar-refractivity contribution is -0.121. The van der Waals surface area contributed by atoms with E-state index in [1.54, 1.807) is 26.2 Å². The summed E-state index contributed by atoms with van der Waals surface area (Å²) >= 11 is 0. The summed E-state index contributed by atoms with van der Waals surface area (Å²) in [5.74, 6) is -0.185. The minimum Gasteiger partial charge on any atom is -0.397 e. The number of aliphatic hydroxyl groups is 1. The molecule has 0 fully saturated rings. The van der Waals surface area contributed by atoms with E-state index in [4.69, 9.17) is 10.5 Å². The van der Waals surface area contributed by atoms with Gasteiger partial charge < -0.3 is 20.9 Å². The first-order valence-corrected chi connectivity index (χ1v) is 6.11. The minimum atomic E-state index is -0.972. The van der Waals surface area contributed by atoms with E-state index in [-0.39, 0.29) is 18.9 Å². The van der Waals surface area contributed by atoms with Crippen molar-refractivity contribution in [3.05, 3.63) is 24.0 Å². The molecule has 1 heterocycles. The van der Waals surface area contributed by atoms with Crippen molar-refractivity contribution in [2.24, 2.45) is 0 Å². The zero-order chi connectivity index (χ0) is 14.3. The first-order valence-electron chi connectivity index (χ1n) is 6.11. The van der Waals surface area contributed by atoms with E-state index in [1.165, 1.54) is 6.20 Å². The molecule has 1 aromatic rings. The predicted molar refractivity (Wildman–Crippen MR) is 72.5 cm³/mol. The molecule has 6 heteroatoms. The van der Waals surface area contributed by atoms with Gasteiger partial charge in [-0.15, -0.1) is 0 Å². The number of nitrogens with zero attached hydrogens (tertiary/aromatic N) is 1. The second-order valence-electron chi connectivity index (χ2n) is 4.78. The van der Waals surface area contributed by atoms with Crippen molar-refractivity contribution in [1.29, 1.82) is 0 Å². The molecule has 19 heavy (non-hydrogen) atoms. The Hall–Kier alpha value is -1.66. The molecule has 0 aliphatic rings. The molecule has 1 aromatic heterocycles. The van der Waals surface area contributed by atoms with Crippen LogP contribution in [0.2, 0.25) is 0 Å². The molecule has 0 aliphatic heterocycles. The van der Waals surface area contributed by atoms with E-state index >= 15 is 0 Å². The molecule has 1 amide bonds. The second-order valence-corrected chi connectivity index (χ2v) is 4.78. The van der Waals surface area contributed by atoms with Crippen LogP contribution >= 0.6 is 0 Å². The normalized spacial score (nSPS) is 13.8. The highest BCUT2D eigenvalue weighted by molar-refractivity contribution is 5.78. The molecule has 0 radical (unpaired) electrons. The summed E-state index contributed by atoms with van der Waals surface area (Å²) in [6.45, 7) is 2.29. The maximum absolute atomic E-state index is 11.7. The predicted octanol–water partition coefficient (Wildman–Crippen LogP) is 0.110. The van der Waals surface area contributed by atoms with Crippen molar-refractivity contribution in [2.75, 3.05) is 26.0 Å². The molecular formula is C13H21N3O3. The third kappa shape index (κ3) is 6.17. The van der Waals surface area contributed by atoms with Crippen LogP contribution in [0.25, 0.3) is 0 Å². The summed E-state index contributed by atoms with van der Waals surface area (Å²) < 4.78 is 4.90. The number of nitrogen functional groups attached to an aromatic ring is 1. The number of carbonyl (C=O) groups is 1. The second kappa shape index (κ2) is 7.06. The average molecular weight is 267 g/mol. The van der Waals surface area contributed by atoms with Crippen molar-refractivity contribution in [3.8, 4) is 0 Å². The van der Waals surface area contributed by atoms with Gasteiger partial charge in [-0.1, -0.05) is 0 Å². The fourth-order valence-electron chi connectivity index (χ4n) is 1.47. The summed E-state index contributed by atoms with van der Waals surface area (Å²) in [7, 11) is 1.57. The highest BCUT2D eigenvalue weighted by Crippen LogP contribution is 2.08. The Balaban J connectivity index is 2.37. The van der Waals surface area contributed by atoms with E-state index in [2.05, 4.69) is 10.3 Å². The number of nitrogens with two attached hydrogens (primary N) is 1. The molecule has 0 aromatic carbocycles. The van der Waals surface area contributed by atoms with Gasteiger partial charge in [-0.05, 0) is 19.1 Å². The zero-order valence-corrected chi connectivity index (χ0v) is 11.3. The van der Waals surface area contributed by atoms with Crippen molar-refractivity contribution >= 4 is 11.6 Å². The summed E-state index contributed by atoms with van der Waals surface area (Å²) in [6, 6.07) is 3.41. The molecule has 4 N–H and O–H groups in total. The summed E-state index contributed by atoms with van der Waals surface area (Å²) in [5, 5.41) is 12.6. The van der Waals surface area contributed by atoms with Gasteiger partial charge in [-0.25, -0.2) is 0 Å². The largest absolute Gasteiger partial charge is 0.397 e. The lowest BCUT2D eigenvalue weighted by atomic mass is 10.0. The monoisotopic (exact) mass is 267 g/mol. The topological polar surface area (TPSA) is 97.5 Å². The Morgan fingerprint density at radius 2 is 2.32 bits per heavy atom. The van der Waals surface area contributed by atoms with Crippen LogP contribution < -0.4 is 11.1 Å². The van der Waals surface area contributed by atoms with Crippen LogP contribution in [0.1, 0.15) is 19.0 Å². The van der Waals surface area contributed by atoms with Crippen LogP contribution in [0.4, 0.5) is 5.69 Å². The number of hydrogen-bond acceptors (Lipinski definition) is 5. The molecule has 106 valence electrons. The number of anilines is 1. The molecule has 0 saturated carbocycles. The highest BCUT2D eigenvalue weighted by Gasteiger charge is 2.20. The first kappa shape index (κ1) is 15.4. The SMILES string of the molecule is COCCC(C)(O)CNC(=O)Cc1ccc(N)cn1. The van der Waals surface area contributed by atoms with E-state index < -0.39 is 5.60 Å². The van der Waals surface area contributed by atoms with Crippen molar-refractivity contribution in [3.63, 3.8) is 0 Å². The minimum absolute atomic E-state index is 0.167. The molecule has 0 aliphatic carbocycles. The fourth-order valence-corrected chi connectivity index (χ4v) is 1.47. The van der Waals surface area contributed by atoms with Crippen LogP contribution in [0.3, 0.4) is 0 Å². The molecule has 0 saturated heterocycles. The summed E-state index contributed by atoms with van der Waals surface area (Å²) in [5.41, 5.74) is 5.74. The van der Waals surface area contributed by atoms with Crippen LogP contribution in [0.5, 0.6) is 0 Å². The Labute approximate surface area is 113 Å². The number of amides is 1. The van der Waals surface area contributed by atoms with Gasteiger partial charge in [0.1, 0.15) is 0 Å². The number of aromatic nitrogens is 1. The standard InChI is InChI=1S/C13H21N3O3/c1-13(18,5-6-19-2)9-16-12(17)7-11-4-3-10(14)8-15-11/h3-4,8,18H,5-7,9,14H2,1-2H3,(H,16,17). The van der Waals surface area contributed by atoms with Gasteiger partial charge >= 0.3 is 0 Å². The summed E-state index contributed by atoms with van der Waals surface area (Å²) in [6.07, 6.45) is 2.14. The third-order valence-corrected chi connectivity index (χ3v) is 2.70. The van der Waals surface area contributed by atoms with Crippen LogP contribution in [-0.2, 0) is 16.0 Å². The lowest BCUT2D eigenvalue weighted by Crippen LogP contribution is -2.41. The smallest absolute Gasteiger partial charge is 0.226 e. The molecule has 1 atom stereocenters. The number of ether oxygens (including phenoxy) is 1. The Morgan fingerprint density at radius 1 is 1.58 bits per heavy atom. The van der Waals surface area contributed by atoms with E-state index in [0.29, 0.717) is 24.4 Å². The van der Waals surface area contributed by atoms with Crippen molar-refractivity contribution in [2.45, 2.75) is 25.4 Å². The summed E-state index contributed by atoms with van der Waals surface area (Å²) in [4.78, 5) is 15.7. The van der Waals surface area contributed by atoms with Gasteiger partial charge in [0.15, 0.2) is 0 Å². The van der Waals surface area contributed by atoms with Crippen LogP contribution in [0.15, 0.2) is 18.3 Å². The number of pyridine rings is 1. The van der Waals surface area contributed by atoms with Gasteiger partial charge in [0.2, 0.25) is 5.91 Å². The van der Waals surface area contributed by atoms with Gasteiger partial charge in [0.05, 0.1) is 23.9 Å². The van der Waals surface area contributed by atoms with Crippen molar-refractivity contribution in [1.82, 2.24) is 10.3 Å². The van der Waals surface area contributed by atoms with Gasteiger partial charge in [0, 0.05) is 32.4 Å². The molecule has 1 unspecified atom stereocenters. The maximum atomic E-state index is 11.7. The molecule has 1 rings (SSSR count). The zero-order valence-electron chi connectivity index (χ0n) is 11.3.